The first-order valence-corrected chi connectivity index (χ1v) is 9.80. The molecule has 0 atom stereocenters. The van der Waals surface area contributed by atoms with E-state index in [1.54, 1.807) is 12.4 Å². The van der Waals surface area contributed by atoms with Gasteiger partial charge in [0.15, 0.2) is 5.82 Å². The van der Waals surface area contributed by atoms with Gasteiger partial charge < -0.3 is 10.3 Å². The molecule has 1 aliphatic rings. The predicted molar refractivity (Wildman–Crippen MR) is 111 cm³/mol. The Balaban J connectivity index is 1.47. The number of nitrogen functional groups attached to an aromatic ring is 1. The highest BCUT2D eigenvalue weighted by molar-refractivity contribution is 6.30. The predicted octanol–water partition coefficient (Wildman–Crippen LogP) is 4.90. The number of anilines is 1. The topological polar surface area (TPSA) is 90.7 Å². The van der Waals surface area contributed by atoms with Crippen LogP contribution >= 0.6 is 11.6 Å². The Morgan fingerprint density at radius 3 is 2.34 bits per heavy atom. The Bertz CT molecular complexity index is 1150. The quantitative estimate of drug-likeness (QED) is 0.521. The molecule has 1 aliphatic carbocycles. The molecule has 29 heavy (non-hydrogen) atoms. The van der Waals surface area contributed by atoms with E-state index in [0.29, 0.717) is 10.9 Å². The zero-order valence-corrected chi connectivity index (χ0v) is 16.3. The van der Waals surface area contributed by atoms with Crippen LogP contribution in [0.2, 0.25) is 5.02 Å². The van der Waals surface area contributed by atoms with Gasteiger partial charge in [0.2, 0.25) is 5.95 Å². The molecule has 0 aliphatic heterocycles. The molecule has 5 rings (SSSR count). The molecular weight excluding hydrogens is 386 g/mol. The van der Waals surface area contributed by atoms with Gasteiger partial charge in [0, 0.05) is 28.5 Å². The Kier molecular flexibility index (Phi) is 4.28. The smallest absolute Gasteiger partial charge is 0.258 e. The van der Waals surface area contributed by atoms with Crippen LogP contribution in [-0.4, -0.2) is 20.1 Å². The summed E-state index contributed by atoms with van der Waals surface area (Å²) in [5.74, 6) is 1.48. The summed E-state index contributed by atoms with van der Waals surface area (Å²) in [4.78, 5) is 12.8. The zero-order chi connectivity index (χ0) is 19.8. The lowest BCUT2D eigenvalue weighted by molar-refractivity contribution is 0.273. The van der Waals surface area contributed by atoms with Crippen molar-refractivity contribution >= 4 is 17.5 Å². The lowest BCUT2D eigenvalue weighted by Gasteiger charge is -2.39. The van der Waals surface area contributed by atoms with Crippen LogP contribution in [0.3, 0.4) is 0 Å². The van der Waals surface area contributed by atoms with Gasteiger partial charge in [0.25, 0.3) is 5.89 Å². The maximum absolute atomic E-state index is 6.09. The first kappa shape index (κ1) is 17.8. The molecule has 0 radical (unpaired) electrons. The van der Waals surface area contributed by atoms with Crippen LogP contribution in [-0.2, 0) is 5.41 Å². The molecule has 0 saturated heterocycles. The molecular formula is C22H18ClN5O. The third kappa shape index (κ3) is 3.15. The van der Waals surface area contributed by atoms with Crippen LogP contribution in [0.1, 0.15) is 30.7 Å². The molecule has 2 N–H and O–H groups in total. The second-order valence-corrected chi connectivity index (χ2v) is 7.71. The fraction of sp³-hybridized carbons (Fsp3) is 0.182. The number of halogens is 1. The first-order valence-electron chi connectivity index (χ1n) is 9.43. The van der Waals surface area contributed by atoms with E-state index in [0.717, 1.165) is 41.8 Å². The molecule has 4 aromatic rings. The molecule has 6 nitrogen and oxygen atoms in total. The van der Waals surface area contributed by atoms with Crippen molar-refractivity contribution in [1.29, 1.82) is 0 Å². The third-order valence-electron chi connectivity index (χ3n) is 5.58. The van der Waals surface area contributed by atoms with Gasteiger partial charge in [-0.3, -0.25) is 0 Å². The Labute approximate surface area is 172 Å². The minimum Gasteiger partial charge on any atom is -0.368 e. The molecule has 0 amide bonds. The molecule has 2 aromatic heterocycles. The number of nitrogens with zero attached hydrogens (tertiary/aromatic N) is 4. The summed E-state index contributed by atoms with van der Waals surface area (Å²) in [6.07, 6.45) is 6.58. The van der Waals surface area contributed by atoms with E-state index in [1.807, 2.05) is 24.3 Å². The van der Waals surface area contributed by atoms with E-state index in [9.17, 15) is 0 Å². The van der Waals surface area contributed by atoms with E-state index in [2.05, 4.69) is 39.4 Å². The SMILES string of the molecule is Nc1ncc(-c2ccc(C3(c4noc(-c5cccc(Cl)c5)n4)CCC3)cc2)cn1. The zero-order valence-electron chi connectivity index (χ0n) is 15.5. The minimum absolute atomic E-state index is 0.212. The molecule has 0 spiro atoms. The number of rotatable bonds is 4. The van der Waals surface area contributed by atoms with E-state index in [4.69, 9.17) is 26.8 Å². The van der Waals surface area contributed by atoms with Crippen molar-refractivity contribution in [3.05, 3.63) is 77.3 Å². The second kappa shape index (κ2) is 6.97. The number of nitrogens with two attached hydrogens (primary N) is 1. The van der Waals surface area contributed by atoms with Gasteiger partial charge in [0.05, 0.1) is 5.41 Å². The molecule has 0 unspecified atom stereocenters. The van der Waals surface area contributed by atoms with Crippen molar-refractivity contribution in [2.24, 2.45) is 0 Å². The number of hydrogen-bond donors (Lipinski definition) is 1. The first-order chi connectivity index (χ1) is 14.1. The van der Waals surface area contributed by atoms with Crippen LogP contribution < -0.4 is 5.73 Å². The van der Waals surface area contributed by atoms with Crippen LogP contribution in [0.4, 0.5) is 5.95 Å². The molecule has 1 saturated carbocycles. The average Bonchev–Trinajstić information content (AvgIpc) is 3.19. The van der Waals surface area contributed by atoms with Gasteiger partial charge in [0.1, 0.15) is 0 Å². The average molecular weight is 404 g/mol. The van der Waals surface area contributed by atoms with Crippen LogP contribution in [0.15, 0.2) is 65.4 Å². The van der Waals surface area contributed by atoms with Crippen molar-refractivity contribution in [3.8, 4) is 22.6 Å². The van der Waals surface area contributed by atoms with Gasteiger partial charge in [-0.25, -0.2) is 9.97 Å². The second-order valence-electron chi connectivity index (χ2n) is 7.28. The van der Waals surface area contributed by atoms with E-state index in [1.165, 1.54) is 5.56 Å². The number of hydrogen-bond acceptors (Lipinski definition) is 6. The normalized spacial score (nSPS) is 15.1. The van der Waals surface area contributed by atoms with Crippen LogP contribution in [0.25, 0.3) is 22.6 Å². The number of benzene rings is 2. The summed E-state index contributed by atoms with van der Waals surface area (Å²) in [6.45, 7) is 0. The highest BCUT2D eigenvalue weighted by Gasteiger charge is 2.44. The maximum Gasteiger partial charge on any atom is 0.258 e. The fourth-order valence-electron chi connectivity index (χ4n) is 3.80. The summed E-state index contributed by atoms with van der Waals surface area (Å²) in [5.41, 5.74) is 9.34. The van der Waals surface area contributed by atoms with Crippen molar-refractivity contribution < 1.29 is 4.52 Å². The van der Waals surface area contributed by atoms with Gasteiger partial charge in [-0.1, -0.05) is 53.5 Å². The maximum atomic E-state index is 6.09. The van der Waals surface area contributed by atoms with Gasteiger partial charge in [-0.05, 0) is 42.2 Å². The highest BCUT2D eigenvalue weighted by Crippen LogP contribution is 2.48. The monoisotopic (exact) mass is 403 g/mol. The molecule has 0 bridgehead atoms. The Morgan fingerprint density at radius 2 is 1.69 bits per heavy atom. The van der Waals surface area contributed by atoms with E-state index >= 15 is 0 Å². The van der Waals surface area contributed by atoms with Crippen molar-refractivity contribution in [2.45, 2.75) is 24.7 Å². The van der Waals surface area contributed by atoms with Gasteiger partial charge in [-0.2, -0.15) is 4.98 Å². The molecule has 7 heteroatoms. The third-order valence-corrected chi connectivity index (χ3v) is 5.81. The highest BCUT2D eigenvalue weighted by atomic mass is 35.5. The van der Waals surface area contributed by atoms with Crippen molar-refractivity contribution in [1.82, 2.24) is 20.1 Å². The summed E-state index contributed by atoms with van der Waals surface area (Å²) >= 11 is 6.09. The lowest BCUT2D eigenvalue weighted by atomic mass is 9.64. The largest absolute Gasteiger partial charge is 0.368 e. The summed E-state index contributed by atoms with van der Waals surface area (Å²) in [7, 11) is 0. The van der Waals surface area contributed by atoms with Crippen LogP contribution in [0, 0.1) is 0 Å². The molecule has 2 aromatic carbocycles. The van der Waals surface area contributed by atoms with Gasteiger partial charge >= 0.3 is 0 Å². The Morgan fingerprint density at radius 1 is 0.931 bits per heavy atom. The van der Waals surface area contributed by atoms with Crippen LogP contribution in [0.5, 0.6) is 0 Å². The summed E-state index contributed by atoms with van der Waals surface area (Å²) in [6, 6.07) is 15.8. The molecule has 2 heterocycles. The lowest BCUT2D eigenvalue weighted by Crippen LogP contribution is -2.36. The van der Waals surface area contributed by atoms with Crippen molar-refractivity contribution in [2.75, 3.05) is 5.73 Å². The molecule has 144 valence electrons. The van der Waals surface area contributed by atoms with Crippen molar-refractivity contribution in [3.63, 3.8) is 0 Å². The fourth-order valence-corrected chi connectivity index (χ4v) is 3.99. The Hall–Kier alpha value is -3.25. The minimum atomic E-state index is -0.212. The van der Waals surface area contributed by atoms with E-state index in [-0.39, 0.29) is 11.4 Å². The summed E-state index contributed by atoms with van der Waals surface area (Å²) < 4.78 is 5.57. The van der Waals surface area contributed by atoms with Gasteiger partial charge in [-0.15, -0.1) is 0 Å². The van der Waals surface area contributed by atoms with E-state index < -0.39 is 0 Å². The standard InChI is InChI=1S/C22H18ClN5O/c23-18-4-1-3-15(11-18)19-27-20(28-29-19)22(9-2-10-22)17-7-5-14(6-8-17)16-12-25-21(24)26-13-16/h1,3-8,11-13H,2,9-10H2,(H2,24,25,26). The number of aromatic nitrogens is 4. The molecule has 1 fully saturated rings. The summed E-state index contributed by atoms with van der Waals surface area (Å²) in [5, 5.41) is 4.96.